The van der Waals surface area contributed by atoms with E-state index >= 15 is 0 Å². The average Bonchev–Trinajstić information content (AvgIpc) is 2.77. The van der Waals surface area contributed by atoms with Crippen molar-refractivity contribution in [3.63, 3.8) is 0 Å². The molecule has 5 heteroatoms. The lowest BCUT2D eigenvalue weighted by molar-refractivity contribution is -0.138. The van der Waals surface area contributed by atoms with Crippen LogP contribution in [-0.2, 0) is 14.3 Å². The molecule has 5 nitrogen and oxygen atoms in total. The summed E-state index contributed by atoms with van der Waals surface area (Å²) >= 11 is 0. The molecule has 2 fully saturated rings. The fourth-order valence-electron chi connectivity index (χ4n) is 3.22. The fraction of sp³-hybridized carbons (Fsp3) is 0.875. The highest BCUT2D eigenvalue weighted by Gasteiger charge is 2.30. The number of ether oxygens (including phenoxy) is 1. The molecule has 21 heavy (non-hydrogen) atoms. The molecule has 0 N–H and O–H groups in total. The van der Waals surface area contributed by atoms with E-state index < -0.39 is 0 Å². The van der Waals surface area contributed by atoms with Crippen molar-refractivity contribution in [1.29, 1.82) is 0 Å². The maximum atomic E-state index is 11.7. The van der Waals surface area contributed by atoms with Gasteiger partial charge in [-0.05, 0) is 39.7 Å². The van der Waals surface area contributed by atoms with Crippen molar-refractivity contribution in [3.05, 3.63) is 0 Å². The highest BCUT2D eigenvalue weighted by molar-refractivity contribution is 6.01. The first kappa shape index (κ1) is 16.4. The van der Waals surface area contributed by atoms with Crippen LogP contribution in [0.15, 0.2) is 0 Å². The second kappa shape index (κ2) is 7.90. The minimum absolute atomic E-state index is 0.00306. The molecular weight excluding hydrogens is 268 g/mol. The maximum absolute atomic E-state index is 11.7. The molecule has 2 saturated heterocycles. The van der Waals surface area contributed by atoms with E-state index in [0.717, 1.165) is 26.1 Å². The smallest absolute Gasteiger partial charge is 0.229 e. The van der Waals surface area contributed by atoms with Crippen LogP contribution in [0.3, 0.4) is 0 Å². The van der Waals surface area contributed by atoms with Gasteiger partial charge >= 0.3 is 0 Å². The summed E-state index contributed by atoms with van der Waals surface area (Å²) in [7, 11) is 0. The second-order valence-electron chi connectivity index (χ2n) is 6.33. The Morgan fingerprint density at radius 3 is 2.52 bits per heavy atom. The van der Waals surface area contributed by atoms with E-state index in [-0.39, 0.29) is 17.9 Å². The summed E-state index contributed by atoms with van der Waals surface area (Å²) in [6, 6.07) is 0.533. The highest BCUT2D eigenvalue weighted by Crippen LogP contribution is 2.20. The number of piperidine rings is 1. The molecule has 0 aromatic carbocycles. The standard InChI is InChI=1S/C16H28N2O3/c1-13(2)21-12-8-14-5-3-4-9-17(14)10-11-18-15(19)6-7-16(18)20/h13-14H,3-12H2,1-2H3/t14-/m1/s1. The van der Waals surface area contributed by atoms with Gasteiger partial charge in [0, 0.05) is 38.6 Å². The van der Waals surface area contributed by atoms with Crippen LogP contribution in [0, 0.1) is 0 Å². The molecule has 0 spiro atoms. The van der Waals surface area contributed by atoms with Gasteiger partial charge in [0.05, 0.1) is 6.10 Å². The monoisotopic (exact) mass is 296 g/mol. The molecule has 1 atom stereocenters. The van der Waals surface area contributed by atoms with Gasteiger partial charge in [0.2, 0.25) is 11.8 Å². The van der Waals surface area contributed by atoms with E-state index in [1.54, 1.807) is 0 Å². The van der Waals surface area contributed by atoms with Crippen molar-refractivity contribution < 1.29 is 14.3 Å². The molecule has 0 aliphatic carbocycles. The first-order valence-corrected chi connectivity index (χ1v) is 8.27. The van der Waals surface area contributed by atoms with Crippen molar-refractivity contribution in [2.24, 2.45) is 0 Å². The summed E-state index contributed by atoms with van der Waals surface area (Å²) in [4.78, 5) is 27.2. The van der Waals surface area contributed by atoms with Gasteiger partial charge in [-0.15, -0.1) is 0 Å². The van der Waals surface area contributed by atoms with E-state index in [2.05, 4.69) is 18.7 Å². The number of hydrogen-bond acceptors (Lipinski definition) is 4. The Morgan fingerprint density at radius 2 is 1.86 bits per heavy atom. The summed E-state index contributed by atoms with van der Waals surface area (Å²) in [5, 5.41) is 0. The molecule has 0 unspecified atom stereocenters. The Labute approximate surface area is 127 Å². The van der Waals surface area contributed by atoms with Crippen LogP contribution in [0.1, 0.15) is 52.4 Å². The third kappa shape index (κ3) is 4.78. The minimum Gasteiger partial charge on any atom is -0.379 e. The van der Waals surface area contributed by atoms with E-state index in [0.29, 0.717) is 25.4 Å². The number of amides is 2. The zero-order chi connectivity index (χ0) is 15.2. The zero-order valence-corrected chi connectivity index (χ0v) is 13.3. The van der Waals surface area contributed by atoms with Crippen LogP contribution in [0.4, 0.5) is 0 Å². The third-order valence-corrected chi connectivity index (χ3v) is 4.42. The first-order chi connectivity index (χ1) is 10.1. The van der Waals surface area contributed by atoms with Gasteiger partial charge in [-0.1, -0.05) is 6.42 Å². The van der Waals surface area contributed by atoms with Crippen molar-refractivity contribution >= 4 is 11.8 Å². The molecule has 0 aromatic rings. The van der Waals surface area contributed by atoms with Crippen LogP contribution in [0.25, 0.3) is 0 Å². The van der Waals surface area contributed by atoms with Gasteiger partial charge in [-0.25, -0.2) is 0 Å². The number of likely N-dealkylation sites (tertiary alicyclic amines) is 2. The van der Waals surface area contributed by atoms with Gasteiger partial charge in [0.15, 0.2) is 0 Å². The lowest BCUT2D eigenvalue weighted by Gasteiger charge is -2.36. The number of carbonyl (C=O) groups is 2. The van der Waals surface area contributed by atoms with Gasteiger partial charge in [-0.2, -0.15) is 0 Å². The van der Waals surface area contributed by atoms with Crippen LogP contribution in [-0.4, -0.2) is 60.0 Å². The lowest BCUT2D eigenvalue weighted by Crippen LogP contribution is -2.45. The lowest BCUT2D eigenvalue weighted by atomic mass is 9.99. The molecule has 2 amide bonds. The third-order valence-electron chi connectivity index (χ3n) is 4.42. The van der Waals surface area contributed by atoms with Crippen LogP contribution in [0.2, 0.25) is 0 Å². The van der Waals surface area contributed by atoms with E-state index in [9.17, 15) is 9.59 Å². The molecule has 2 aliphatic heterocycles. The second-order valence-corrected chi connectivity index (χ2v) is 6.33. The van der Waals surface area contributed by atoms with Crippen molar-refractivity contribution in [3.8, 4) is 0 Å². The highest BCUT2D eigenvalue weighted by atomic mass is 16.5. The summed E-state index contributed by atoms with van der Waals surface area (Å²) < 4.78 is 5.66. The maximum Gasteiger partial charge on any atom is 0.229 e. The Morgan fingerprint density at radius 1 is 1.14 bits per heavy atom. The van der Waals surface area contributed by atoms with E-state index in [1.165, 1.54) is 24.2 Å². The Hall–Kier alpha value is -0.940. The molecule has 0 bridgehead atoms. The molecule has 2 aliphatic rings. The Bertz CT molecular complexity index is 355. The predicted octanol–water partition coefficient (Wildman–Crippen LogP) is 1.80. The van der Waals surface area contributed by atoms with E-state index in [4.69, 9.17) is 4.74 Å². The number of hydrogen-bond donors (Lipinski definition) is 0. The van der Waals surface area contributed by atoms with Gasteiger partial charge in [0.1, 0.15) is 0 Å². The van der Waals surface area contributed by atoms with Gasteiger partial charge in [-0.3, -0.25) is 19.4 Å². The van der Waals surface area contributed by atoms with Crippen molar-refractivity contribution in [1.82, 2.24) is 9.80 Å². The summed E-state index contributed by atoms with van der Waals surface area (Å²) in [6.45, 7) is 7.35. The molecule has 2 heterocycles. The predicted molar refractivity (Wildman–Crippen MR) is 80.9 cm³/mol. The van der Waals surface area contributed by atoms with Crippen LogP contribution >= 0.6 is 0 Å². The van der Waals surface area contributed by atoms with Crippen molar-refractivity contribution in [2.75, 3.05) is 26.2 Å². The SMILES string of the molecule is CC(C)OCC[C@H]1CCCCN1CCN1C(=O)CCC1=O. The zero-order valence-electron chi connectivity index (χ0n) is 13.3. The summed E-state index contributed by atoms with van der Waals surface area (Å²) in [5.74, 6) is -0.00611. The first-order valence-electron chi connectivity index (χ1n) is 8.27. The van der Waals surface area contributed by atoms with Crippen molar-refractivity contribution in [2.45, 2.75) is 64.5 Å². The van der Waals surface area contributed by atoms with Gasteiger partial charge in [0.25, 0.3) is 0 Å². The van der Waals surface area contributed by atoms with Gasteiger partial charge < -0.3 is 4.74 Å². The number of rotatable bonds is 7. The number of carbonyl (C=O) groups excluding carboxylic acids is 2. The molecule has 0 saturated carbocycles. The normalized spacial score (nSPS) is 24.3. The summed E-state index contributed by atoms with van der Waals surface area (Å²) in [6.07, 6.45) is 5.79. The van der Waals surface area contributed by atoms with E-state index in [1.807, 2.05) is 0 Å². The molecule has 2 rings (SSSR count). The molecular formula is C16H28N2O3. The molecule has 0 aromatic heterocycles. The quantitative estimate of drug-likeness (QED) is 0.672. The van der Waals surface area contributed by atoms with Crippen LogP contribution < -0.4 is 0 Å². The number of nitrogens with zero attached hydrogens (tertiary/aromatic N) is 2. The number of imide groups is 1. The summed E-state index contributed by atoms with van der Waals surface area (Å²) in [5.41, 5.74) is 0. The Kier molecular flexibility index (Phi) is 6.18. The minimum atomic E-state index is -0.00306. The average molecular weight is 296 g/mol. The largest absolute Gasteiger partial charge is 0.379 e. The molecule has 120 valence electrons. The molecule has 0 radical (unpaired) electrons. The van der Waals surface area contributed by atoms with Crippen LogP contribution in [0.5, 0.6) is 0 Å². The topological polar surface area (TPSA) is 49.9 Å². The Balaban J connectivity index is 1.78. The fourth-order valence-corrected chi connectivity index (χ4v) is 3.22.